The number of carbonyl (C=O) groups excluding carboxylic acids is 1. The predicted molar refractivity (Wildman–Crippen MR) is 118 cm³/mol. The number of rotatable bonds is 12. The Balaban J connectivity index is 1.90. The second kappa shape index (κ2) is 11.4. The smallest absolute Gasteiger partial charge is 0.333 e. The van der Waals surface area contributed by atoms with Crippen LogP contribution in [-0.4, -0.2) is 48.9 Å². The summed E-state index contributed by atoms with van der Waals surface area (Å²) in [4.78, 5) is 23.7. The van der Waals surface area contributed by atoms with Crippen molar-refractivity contribution in [2.75, 3.05) is 20.3 Å². The maximum Gasteiger partial charge on any atom is 0.333 e. The van der Waals surface area contributed by atoms with Gasteiger partial charge in [0, 0.05) is 20.1 Å². The molecule has 168 valence electrons. The molecule has 0 saturated heterocycles. The van der Waals surface area contributed by atoms with Gasteiger partial charge in [0.2, 0.25) is 0 Å². The van der Waals surface area contributed by atoms with Crippen LogP contribution >= 0.6 is 0 Å². The van der Waals surface area contributed by atoms with Crippen LogP contribution in [0.2, 0.25) is 0 Å². The van der Waals surface area contributed by atoms with Gasteiger partial charge in [-0.25, -0.2) is 4.79 Å². The van der Waals surface area contributed by atoms with E-state index in [4.69, 9.17) is 19.3 Å². The molecule has 2 aromatic rings. The van der Waals surface area contributed by atoms with Gasteiger partial charge in [0.15, 0.2) is 11.7 Å². The molecule has 2 rings (SSSR count). The van der Waals surface area contributed by atoms with Crippen LogP contribution in [0.15, 0.2) is 48.5 Å². The van der Waals surface area contributed by atoms with E-state index < -0.39 is 17.7 Å². The summed E-state index contributed by atoms with van der Waals surface area (Å²) in [5.74, 6) is 0.114. The molecule has 0 aliphatic rings. The highest BCUT2D eigenvalue weighted by Gasteiger charge is 2.29. The minimum atomic E-state index is -1.07. The zero-order valence-electron chi connectivity index (χ0n) is 18.5. The lowest BCUT2D eigenvalue weighted by Crippen LogP contribution is -2.47. The molecule has 7 nitrogen and oxygen atoms in total. The van der Waals surface area contributed by atoms with E-state index in [0.717, 1.165) is 16.9 Å². The molecule has 0 aromatic heterocycles. The molecule has 2 aromatic carbocycles. The van der Waals surface area contributed by atoms with Crippen molar-refractivity contribution in [3.63, 3.8) is 0 Å². The third kappa shape index (κ3) is 7.29. The van der Waals surface area contributed by atoms with Crippen LogP contribution in [0.5, 0.6) is 11.5 Å². The van der Waals surface area contributed by atoms with Crippen molar-refractivity contribution < 1.29 is 28.9 Å². The lowest BCUT2D eigenvalue weighted by molar-refractivity contribution is -0.148. The molecule has 0 saturated carbocycles. The summed E-state index contributed by atoms with van der Waals surface area (Å²) in [5.41, 5.74) is 0.767. The lowest BCUT2D eigenvalue weighted by atomic mass is 10.1. The fourth-order valence-electron chi connectivity index (χ4n) is 3.05. The van der Waals surface area contributed by atoms with Gasteiger partial charge in [0.1, 0.15) is 11.5 Å². The van der Waals surface area contributed by atoms with Crippen molar-refractivity contribution in [3.05, 3.63) is 59.7 Å². The fourth-order valence-corrected chi connectivity index (χ4v) is 3.05. The van der Waals surface area contributed by atoms with E-state index in [2.05, 4.69) is 5.32 Å². The minimum Gasteiger partial charge on any atom is -0.494 e. The van der Waals surface area contributed by atoms with Crippen LogP contribution in [0, 0.1) is 0 Å². The molecule has 0 unspecified atom stereocenters. The molecule has 1 atom stereocenters. The second-order valence-corrected chi connectivity index (χ2v) is 7.57. The average molecular weight is 430 g/mol. The summed E-state index contributed by atoms with van der Waals surface area (Å²) in [7, 11) is 1.37. The van der Waals surface area contributed by atoms with Crippen molar-refractivity contribution >= 4 is 11.9 Å². The molecule has 1 amide bonds. The maximum absolute atomic E-state index is 12.6. The van der Waals surface area contributed by atoms with Crippen molar-refractivity contribution in [2.24, 2.45) is 0 Å². The van der Waals surface area contributed by atoms with E-state index in [0.29, 0.717) is 25.3 Å². The molecule has 2 N–H and O–H groups in total. The largest absolute Gasteiger partial charge is 0.494 e. The quantitative estimate of drug-likeness (QED) is 0.538. The Labute approximate surface area is 183 Å². The average Bonchev–Trinajstić information content (AvgIpc) is 2.74. The lowest BCUT2D eigenvalue weighted by Gasteiger charge is -2.25. The first-order valence-electron chi connectivity index (χ1n) is 10.3. The number of methoxy groups -OCH3 is 1. The molecule has 0 heterocycles. The zero-order valence-corrected chi connectivity index (χ0v) is 18.5. The number of amides is 1. The normalized spacial score (nSPS) is 12.1. The van der Waals surface area contributed by atoms with Crippen molar-refractivity contribution in [3.8, 4) is 11.5 Å². The van der Waals surface area contributed by atoms with Gasteiger partial charge in [0.05, 0.1) is 6.61 Å². The van der Waals surface area contributed by atoms with Crippen molar-refractivity contribution in [2.45, 2.75) is 45.3 Å². The molecule has 0 fully saturated rings. The number of nitrogens with one attached hydrogen (secondary N) is 1. The Kier molecular flexibility index (Phi) is 8.88. The molecule has 0 aliphatic carbocycles. The van der Waals surface area contributed by atoms with Crippen molar-refractivity contribution in [1.82, 2.24) is 5.32 Å². The Bertz CT molecular complexity index is 863. The van der Waals surface area contributed by atoms with E-state index >= 15 is 0 Å². The number of carbonyl (C=O) groups is 2. The third-order valence-corrected chi connectivity index (χ3v) is 4.78. The Hall–Kier alpha value is -3.06. The number of aliphatic carboxylic acids is 1. The number of benzene rings is 2. The van der Waals surface area contributed by atoms with Gasteiger partial charge in [-0.3, -0.25) is 4.79 Å². The number of carboxylic acids is 1. The molecular weight excluding hydrogens is 398 g/mol. The first-order valence-corrected chi connectivity index (χ1v) is 10.3. The van der Waals surface area contributed by atoms with Crippen LogP contribution < -0.4 is 14.8 Å². The standard InChI is InChI=1S/C24H31NO6/c1-5-30-20-9-7-6-8-18(20)14-15-25-23(28)24(2,3)31-19-12-10-17(11-13-19)16-21(29-4)22(26)27/h6-13,21H,5,14-16H2,1-4H3,(H,25,28)(H,26,27)/t21-/m0/s1. The van der Waals surface area contributed by atoms with Crippen molar-refractivity contribution in [1.29, 1.82) is 0 Å². The van der Waals surface area contributed by atoms with E-state index in [1.165, 1.54) is 7.11 Å². The van der Waals surface area contributed by atoms with Crippen LogP contribution in [-0.2, 0) is 27.2 Å². The van der Waals surface area contributed by atoms with E-state index in [9.17, 15) is 9.59 Å². The van der Waals surface area contributed by atoms with Gasteiger partial charge in [-0.15, -0.1) is 0 Å². The monoisotopic (exact) mass is 429 g/mol. The van der Waals surface area contributed by atoms with Gasteiger partial charge < -0.3 is 24.6 Å². The molecule has 31 heavy (non-hydrogen) atoms. The predicted octanol–water partition coefficient (Wildman–Crippen LogP) is 3.24. The number of para-hydroxylation sites is 1. The SMILES string of the molecule is CCOc1ccccc1CCNC(=O)C(C)(C)Oc1ccc(C[C@H](OC)C(=O)O)cc1. The first-order chi connectivity index (χ1) is 14.8. The summed E-state index contributed by atoms with van der Waals surface area (Å²) in [6.45, 7) is 6.40. The molecule has 0 bridgehead atoms. The van der Waals surface area contributed by atoms with E-state index in [1.807, 2.05) is 31.2 Å². The summed E-state index contributed by atoms with van der Waals surface area (Å²) in [6.07, 6.45) is -0.00212. The summed E-state index contributed by atoms with van der Waals surface area (Å²) in [5, 5.41) is 12.0. The zero-order chi connectivity index (χ0) is 22.9. The highest BCUT2D eigenvalue weighted by molar-refractivity contribution is 5.84. The highest BCUT2D eigenvalue weighted by Crippen LogP contribution is 2.21. The van der Waals surface area contributed by atoms with Crippen LogP contribution in [0.4, 0.5) is 0 Å². The number of carboxylic acid groups (broad SMARTS) is 1. The van der Waals surface area contributed by atoms with Crippen LogP contribution in [0.3, 0.4) is 0 Å². The first kappa shape index (κ1) is 24.2. The van der Waals surface area contributed by atoms with Crippen LogP contribution in [0.1, 0.15) is 31.9 Å². The van der Waals surface area contributed by atoms with Crippen LogP contribution in [0.25, 0.3) is 0 Å². The summed E-state index contributed by atoms with van der Waals surface area (Å²) >= 11 is 0. The molecule has 7 heteroatoms. The van der Waals surface area contributed by atoms with Gasteiger partial charge in [-0.1, -0.05) is 30.3 Å². The molecular formula is C24H31NO6. The van der Waals surface area contributed by atoms with Gasteiger partial charge in [-0.05, 0) is 56.5 Å². The molecule has 0 aliphatic heterocycles. The number of hydrogen-bond acceptors (Lipinski definition) is 5. The number of ether oxygens (including phenoxy) is 3. The van der Waals surface area contributed by atoms with Gasteiger partial charge in [-0.2, -0.15) is 0 Å². The topological polar surface area (TPSA) is 94.1 Å². The summed E-state index contributed by atoms with van der Waals surface area (Å²) in [6, 6.07) is 14.7. The third-order valence-electron chi connectivity index (χ3n) is 4.78. The summed E-state index contributed by atoms with van der Waals surface area (Å²) < 4.78 is 16.5. The van der Waals surface area contributed by atoms with Gasteiger partial charge in [0.25, 0.3) is 5.91 Å². The van der Waals surface area contributed by atoms with Gasteiger partial charge >= 0.3 is 5.97 Å². The molecule has 0 spiro atoms. The fraction of sp³-hybridized carbons (Fsp3) is 0.417. The maximum atomic E-state index is 12.6. The second-order valence-electron chi connectivity index (χ2n) is 7.57. The number of hydrogen-bond donors (Lipinski definition) is 2. The molecule has 0 radical (unpaired) electrons. The minimum absolute atomic E-state index is 0.226. The Morgan fingerprint density at radius 1 is 1.10 bits per heavy atom. The van der Waals surface area contributed by atoms with E-state index in [1.54, 1.807) is 38.1 Å². The highest BCUT2D eigenvalue weighted by atomic mass is 16.5. The Morgan fingerprint density at radius 3 is 2.39 bits per heavy atom. The Morgan fingerprint density at radius 2 is 1.77 bits per heavy atom. The van der Waals surface area contributed by atoms with E-state index in [-0.39, 0.29) is 12.3 Å².